The van der Waals surface area contributed by atoms with Gasteiger partial charge in [0.25, 0.3) is 0 Å². The van der Waals surface area contributed by atoms with Crippen LogP contribution in [0.5, 0.6) is 0 Å². The Kier molecular flexibility index (Phi) is 3.33. The van der Waals surface area contributed by atoms with E-state index in [4.69, 9.17) is 0 Å². The molecule has 1 fully saturated rings. The largest absolute Gasteiger partial charge is 0.310 e. The Labute approximate surface area is 98.2 Å². The van der Waals surface area contributed by atoms with Gasteiger partial charge in [-0.2, -0.15) is 5.10 Å². The van der Waals surface area contributed by atoms with E-state index in [2.05, 4.69) is 30.5 Å². The molecule has 1 aliphatic carbocycles. The molecule has 0 spiro atoms. The average molecular weight is 221 g/mol. The normalized spacial score (nSPS) is 21.2. The van der Waals surface area contributed by atoms with Gasteiger partial charge in [-0.25, -0.2) is 0 Å². The molecule has 1 heterocycles. The third-order valence-electron chi connectivity index (χ3n) is 3.91. The third kappa shape index (κ3) is 2.14. The first kappa shape index (κ1) is 11.6. The van der Waals surface area contributed by atoms with Gasteiger partial charge in [-0.3, -0.25) is 4.68 Å². The molecule has 2 rings (SSSR count). The maximum atomic E-state index is 4.30. The number of hydrogen-bond donors (Lipinski definition) is 1. The summed E-state index contributed by atoms with van der Waals surface area (Å²) < 4.78 is 1.90. The maximum absolute atomic E-state index is 4.30. The molecular weight excluding hydrogens is 198 g/mol. The first-order valence-corrected chi connectivity index (χ1v) is 6.37. The first-order valence-electron chi connectivity index (χ1n) is 6.37. The van der Waals surface area contributed by atoms with Crippen LogP contribution >= 0.6 is 0 Å². The molecule has 0 radical (unpaired) electrons. The molecule has 90 valence electrons. The number of aromatic nitrogens is 2. The third-order valence-corrected chi connectivity index (χ3v) is 3.91. The second-order valence-corrected chi connectivity index (χ2v) is 5.30. The lowest BCUT2D eigenvalue weighted by Crippen LogP contribution is -2.34. The Hall–Kier alpha value is -0.830. The molecule has 1 saturated carbocycles. The second-order valence-electron chi connectivity index (χ2n) is 5.30. The molecule has 0 saturated heterocycles. The van der Waals surface area contributed by atoms with Crippen molar-refractivity contribution < 1.29 is 0 Å². The van der Waals surface area contributed by atoms with E-state index in [1.807, 2.05) is 17.9 Å². The lowest BCUT2D eigenvalue weighted by Gasteiger charge is -2.34. The standard InChI is InChI=1S/C13H23N3/c1-4-14-12(11-9-15-16(3)10-11)13(2)7-5-6-8-13/h9-10,12,14H,4-8H2,1-3H3. The lowest BCUT2D eigenvalue weighted by atomic mass is 9.78. The van der Waals surface area contributed by atoms with Crippen molar-refractivity contribution in [2.45, 2.75) is 45.6 Å². The van der Waals surface area contributed by atoms with E-state index in [1.165, 1.54) is 31.2 Å². The fourth-order valence-corrected chi connectivity index (χ4v) is 3.03. The van der Waals surface area contributed by atoms with Crippen LogP contribution in [0.15, 0.2) is 12.4 Å². The molecule has 0 aromatic carbocycles. The molecule has 0 aliphatic heterocycles. The topological polar surface area (TPSA) is 29.9 Å². The highest BCUT2D eigenvalue weighted by Gasteiger charge is 2.37. The Morgan fingerprint density at radius 2 is 2.19 bits per heavy atom. The van der Waals surface area contributed by atoms with Gasteiger partial charge in [0.1, 0.15) is 0 Å². The molecule has 1 atom stereocenters. The average Bonchev–Trinajstić information content (AvgIpc) is 2.85. The van der Waals surface area contributed by atoms with Crippen molar-refractivity contribution in [2.75, 3.05) is 6.54 Å². The van der Waals surface area contributed by atoms with Gasteiger partial charge in [-0.15, -0.1) is 0 Å². The quantitative estimate of drug-likeness (QED) is 0.847. The van der Waals surface area contributed by atoms with E-state index in [-0.39, 0.29) is 0 Å². The van der Waals surface area contributed by atoms with Crippen molar-refractivity contribution in [1.82, 2.24) is 15.1 Å². The van der Waals surface area contributed by atoms with Crippen molar-refractivity contribution >= 4 is 0 Å². The molecule has 1 aromatic rings. The summed E-state index contributed by atoms with van der Waals surface area (Å²) in [6, 6.07) is 0.466. The van der Waals surface area contributed by atoms with Gasteiger partial charge < -0.3 is 5.32 Å². The Morgan fingerprint density at radius 3 is 2.69 bits per heavy atom. The minimum Gasteiger partial charge on any atom is -0.310 e. The van der Waals surface area contributed by atoms with E-state index in [9.17, 15) is 0 Å². The molecular formula is C13H23N3. The highest BCUT2D eigenvalue weighted by atomic mass is 15.2. The summed E-state index contributed by atoms with van der Waals surface area (Å²) in [5.74, 6) is 0. The maximum Gasteiger partial charge on any atom is 0.0537 e. The van der Waals surface area contributed by atoms with Crippen LogP contribution in [0.3, 0.4) is 0 Å². The van der Waals surface area contributed by atoms with Crippen molar-refractivity contribution in [1.29, 1.82) is 0 Å². The van der Waals surface area contributed by atoms with E-state index in [0.717, 1.165) is 6.54 Å². The number of rotatable bonds is 4. The van der Waals surface area contributed by atoms with Gasteiger partial charge in [-0.05, 0) is 24.8 Å². The zero-order valence-electron chi connectivity index (χ0n) is 10.7. The van der Waals surface area contributed by atoms with Gasteiger partial charge in [-0.1, -0.05) is 26.7 Å². The molecule has 16 heavy (non-hydrogen) atoms. The van der Waals surface area contributed by atoms with E-state index in [1.54, 1.807) is 0 Å². The van der Waals surface area contributed by atoms with E-state index < -0.39 is 0 Å². The summed E-state index contributed by atoms with van der Waals surface area (Å²) in [6.45, 7) is 5.62. The van der Waals surface area contributed by atoms with Crippen LogP contribution < -0.4 is 5.32 Å². The number of hydrogen-bond acceptors (Lipinski definition) is 2. The predicted octanol–water partition coefficient (Wildman–Crippen LogP) is 2.65. The molecule has 0 bridgehead atoms. The summed E-state index contributed by atoms with van der Waals surface area (Å²) in [5.41, 5.74) is 1.76. The van der Waals surface area contributed by atoms with Crippen LogP contribution in [-0.4, -0.2) is 16.3 Å². The smallest absolute Gasteiger partial charge is 0.0537 e. The van der Waals surface area contributed by atoms with Crippen molar-refractivity contribution in [2.24, 2.45) is 12.5 Å². The van der Waals surface area contributed by atoms with Crippen molar-refractivity contribution in [3.05, 3.63) is 18.0 Å². The second kappa shape index (κ2) is 4.58. The number of nitrogens with one attached hydrogen (secondary N) is 1. The van der Waals surface area contributed by atoms with Gasteiger partial charge in [0.15, 0.2) is 0 Å². The Balaban J connectivity index is 2.22. The minimum atomic E-state index is 0.416. The van der Waals surface area contributed by atoms with E-state index in [0.29, 0.717) is 11.5 Å². The SMILES string of the molecule is CCNC(c1cnn(C)c1)C1(C)CCCC1. The number of nitrogens with zero attached hydrogens (tertiary/aromatic N) is 2. The summed E-state index contributed by atoms with van der Waals surface area (Å²) in [7, 11) is 1.99. The zero-order valence-corrected chi connectivity index (χ0v) is 10.7. The van der Waals surface area contributed by atoms with Crippen LogP contribution in [0.4, 0.5) is 0 Å². The molecule has 1 N–H and O–H groups in total. The highest BCUT2D eigenvalue weighted by Crippen LogP contribution is 2.46. The van der Waals surface area contributed by atoms with Crippen LogP contribution in [0, 0.1) is 5.41 Å². The van der Waals surface area contributed by atoms with Gasteiger partial charge in [0.05, 0.1) is 6.20 Å². The summed E-state index contributed by atoms with van der Waals surface area (Å²) in [6.07, 6.45) is 9.57. The molecule has 3 heteroatoms. The fourth-order valence-electron chi connectivity index (χ4n) is 3.03. The van der Waals surface area contributed by atoms with Gasteiger partial charge in [0, 0.05) is 24.8 Å². The summed E-state index contributed by atoms with van der Waals surface area (Å²) >= 11 is 0. The monoisotopic (exact) mass is 221 g/mol. The molecule has 1 unspecified atom stereocenters. The first-order chi connectivity index (χ1) is 7.65. The van der Waals surface area contributed by atoms with Gasteiger partial charge in [0.2, 0.25) is 0 Å². The van der Waals surface area contributed by atoms with Gasteiger partial charge >= 0.3 is 0 Å². The molecule has 3 nitrogen and oxygen atoms in total. The van der Waals surface area contributed by atoms with Crippen LogP contribution in [0.1, 0.15) is 51.1 Å². The Bertz CT molecular complexity index is 337. The number of aryl methyl sites for hydroxylation is 1. The van der Waals surface area contributed by atoms with E-state index >= 15 is 0 Å². The molecule has 0 amide bonds. The van der Waals surface area contributed by atoms with Crippen LogP contribution in [0.2, 0.25) is 0 Å². The van der Waals surface area contributed by atoms with Crippen LogP contribution in [-0.2, 0) is 7.05 Å². The minimum absolute atomic E-state index is 0.416. The zero-order chi connectivity index (χ0) is 11.6. The highest BCUT2D eigenvalue weighted by molar-refractivity contribution is 5.15. The molecule has 1 aliphatic rings. The van der Waals surface area contributed by atoms with Crippen LogP contribution in [0.25, 0.3) is 0 Å². The Morgan fingerprint density at radius 1 is 1.50 bits per heavy atom. The fraction of sp³-hybridized carbons (Fsp3) is 0.769. The lowest BCUT2D eigenvalue weighted by molar-refractivity contribution is 0.226. The summed E-state index contributed by atoms with van der Waals surface area (Å²) in [5, 5.41) is 7.94. The predicted molar refractivity (Wildman–Crippen MR) is 66.2 cm³/mol. The van der Waals surface area contributed by atoms with Crippen molar-refractivity contribution in [3.8, 4) is 0 Å². The van der Waals surface area contributed by atoms with Crippen molar-refractivity contribution in [3.63, 3.8) is 0 Å². The molecule has 1 aromatic heterocycles. The summed E-state index contributed by atoms with van der Waals surface area (Å²) in [4.78, 5) is 0.